The Morgan fingerprint density at radius 2 is 1.80 bits per heavy atom. The van der Waals surface area contributed by atoms with Crippen molar-refractivity contribution < 1.29 is 9.53 Å². The smallest absolute Gasteiger partial charge is 0.330 e. The van der Waals surface area contributed by atoms with Gasteiger partial charge in [-0.2, -0.15) is 5.10 Å². The number of nitrogens with one attached hydrogen (secondary N) is 2. The standard InChI is InChI=1S/C37H37ClN8O4/c1-20-22(7-6-10-25(20)40-33-31-28(18-39-43-33)44(2)36(49)45(3)35(31)48)23-8-5-9-24(32(23)38)26-17-21-11-12-27(30(21)34(41-26)50-4)46-16-15-37(19-46)14-13-29(47)42-37/h5-10,17-18,27H,11-16,19H2,1-4H3,(H,40,43)(H,42,47)/t27-,37+/m0/s1. The number of amides is 1. The van der Waals surface area contributed by atoms with Crippen LogP contribution in [0.2, 0.25) is 5.02 Å². The number of hydrogen-bond acceptors (Lipinski definition) is 9. The van der Waals surface area contributed by atoms with E-state index in [2.05, 4.69) is 31.8 Å². The van der Waals surface area contributed by atoms with E-state index in [4.69, 9.17) is 21.3 Å². The summed E-state index contributed by atoms with van der Waals surface area (Å²) >= 11 is 7.23. The molecule has 2 fully saturated rings. The number of likely N-dealkylation sites (tertiary alicyclic amines) is 1. The summed E-state index contributed by atoms with van der Waals surface area (Å²) < 4.78 is 8.38. The molecular formula is C37H37ClN8O4. The largest absolute Gasteiger partial charge is 0.481 e. The van der Waals surface area contributed by atoms with Gasteiger partial charge in [0.25, 0.3) is 5.56 Å². The Kier molecular flexibility index (Phi) is 7.76. The molecule has 13 heteroatoms. The Labute approximate surface area is 293 Å². The van der Waals surface area contributed by atoms with E-state index >= 15 is 0 Å². The summed E-state index contributed by atoms with van der Waals surface area (Å²) in [6.07, 6.45) is 5.75. The monoisotopic (exact) mass is 692 g/mol. The molecule has 3 aliphatic rings. The molecular weight excluding hydrogens is 656 g/mol. The van der Waals surface area contributed by atoms with Gasteiger partial charge in [-0.15, -0.1) is 5.10 Å². The van der Waals surface area contributed by atoms with Crippen molar-refractivity contribution in [2.75, 3.05) is 25.5 Å². The molecule has 256 valence electrons. The highest BCUT2D eigenvalue weighted by Crippen LogP contribution is 2.47. The molecule has 0 saturated carbocycles. The summed E-state index contributed by atoms with van der Waals surface area (Å²) in [4.78, 5) is 45.2. The number of methoxy groups -OCH3 is 1. The molecule has 0 bridgehead atoms. The van der Waals surface area contributed by atoms with Gasteiger partial charge >= 0.3 is 5.69 Å². The van der Waals surface area contributed by atoms with Gasteiger partial charge in [0.1, 0.15) is 5.39 Å². The fourth-order valence-corrected chi connectivity index (χ4v) is 8.46. The molecule has 8 rings (SSSR count). The van der Waals surface area contributed by atoms with Crippen molar-refractivity contribution in [3.8, 4) is 28.3 Å². The van der Waals surface area contributed by atoms with Crippen LogP contribution in [0.15, 0.2) is 58.3 Å². The predicted molar refractivity (Wildman–Crippen MR) is 192 cm³/mol. The predicted octanol–water partition coefficient (Wildman–Crippen LogP) is 4.81. The molecule has 2 aliphatic heterocycles. The number of benzene rings is 2. The number of anilines is 2. The van der Waals surface area contributed by atoms with Crippen LogP contribution in [0.1, 0.15) is 48.4 Å². The average molecular weight is 693 g/mol. The van der Waals surface area contributed by atoms with E-state index in [0.29, 0.717) is 28.5 Å². The number of aryl methyl sites for hydroxylation is 2. The van der Waals surface area contributed by atoms with Gasteiger partial charge in [-0.05, 0) is 61.4 Å². The van der Waals surface area contributed by atoms with Gasteiger partial charge in [-0.25, -0.2) is 9.78 Å². The highest BCUT2D eigenvalue weighted by Gasteiger charge is 2.46. The maximum Gasteiger partial charge on any atom is 0.330 e. The molecule has 3 aromatic heterocycles. The molecule has 2 aromatic carbocycles. The van der Waals surface area contributed by atoms with Gasteiger partial charge in [0, 0.05) is 62.0 Å². The van der Waals surface area contributed by atoms with E-state index in [9.17, 15) is 14.4 Å². The Morgan fingerprint density at radius 3 is 2.58 bits per heavy atom. The first-order valence-electron chi connectivity index (χ1n) is 16.8. The minimum atomic E-state index is -0.458. The normalized spacial score (nSPS) is 20.1. The van der Waals surface area contributed by atoms with Crippen molar-refractivity contribution in [2.45, 2.75) is 50.6 Å². The number of carbonyl (C=O) groups is 1. The quantitative estimate of drug-likeness (QED) is 0.257. The van der Waals surface area contributed by atoms with E-state index in [-0.39, 0.29) is 28.7 Å². The van der Waals surface area contributed by atoms with Crippen LogP contribution in [-0.2, 0) is 25.3 Å². The van der Waals surface area contributed by atoms with Crippen molar-refractivity contribution >= 4 is 39.9 Å². The van der Waals surface area contributed by atoms with Crippen molar-refractivity contribution in [1.29, 1.82) is 0 Å². The molecule has 12 nitrogen and oxygen atoms in total. The third kappa shape index (κ3) is 5.08. The maximum atomic E-state index is 13.2. The molecule has 1 aliphatic carbocycles. The van der Waals surface area contributed by atoms with Crippen LogP contribution in [0.3, 0.4) is 0 Å². The SMILES string of the molecule is COc1nc(-c2cccc(-c3cccc(Nc4nncc5c4c(=O)n(C)c(=O)n5C)c3C)c2Cl)cc2c1[C@@H](N1CC[C@]3(CCC(=O)N3)C1)CC2. The molecule has 0 radical (unpaired) electrons. The Hall–Kier alpha value is -5.07. The van der Waals surface area contributed by atoms with E-state index in [1.807, 2.05) is 43.3 Å². The fourth-order valence-electron chi connectivity index (χ4n) is 8.13. The summed E-state index contributed by atoms with van der Waals surface area (Å²) in [6, 6.07) is 14.1. The Bertz CT molecular complexity index is 2350. The third-order valence-corrected chi connectivity index (χ3v) is 11.2. The zero-order valence-electron chi connectivity index (χ0n) is 28.3. The first-order valence-corrected chi connectivity index (χ1v) is 17.2. The maximum absolute atomic E-state index is 13.2. The lowest BCUT2D eigenvalue weighted by Gasteiger charge is -2.28. The molecule has 2 N–H and O–H groups in total. The number of carbonyl (C=O) groups excluding carboxylic acids is 1. The molecule has 2 saturated heterocycles. The van der Waals surface area contributed by atoms with E-state index < -0.39 is 11.2 Å². The highest BCUT2D eigenvalue weighted by molar-refractivity contribution is 6.36. The zero-order chi connectivity index (χ0) is 34.9. The van der Waals surface area contributed by atoms with Gasteiger partial charge < -0.3 is 15.4 Å². The van der Waals surface area contributed by atoms with Crippen LogP contribution >= 0.6 is 11.6 Å². The van der Waals surface area contributed by atoms with Gasteiger partial charge in [-0.3, -0.25) is 23.6 Å². The average Bonchev–Trinajstić information content (AvgIpc) is 3.84. The molecule has 1 spiro atoms. The fraction of sp³-hybridized carbons (Fsp3) is 0.351. The third-order valence-electron chi connectivity index (χ3n) is 10.8. The van der Waals surface area contributed by atoms with Crippen LogP contribution in [-0.4, -0.2) is 60.9 Å². The van der Waals surface area contributed by atoms with Gasteiger partial charge in [0.15, 0.2) is 5.82 Å². The van der Waals surface area contributed by atoms with E-state index in [1.54, 1.807) is 14.2 Å². The van der Waals surface area contributed by atoms with E-state index in [0.717, 1.165) is 76.9 Å². The van der Waals surface area contributed by atoms with Gasteiger partial charge in [-0.1, -0.05) is 41.9 Å². The lowest BCUT2D eigenvalue weighted by molar-refractivity contribution is -0.119. The summed E-state index contributed by atoms with van der Waals surface area (Å²) in [5, 5.41) is 15.7. The van der Waals surface area contributed by atoms with Gasteiger partial charge in [0.05, 0.1) is 35.1 Å². The van der Waals surface area contributed by atoms with Crippen molar-refractivity contribution in [3.05, 3.63) is 91.2 Å². The summed E-state index contributed by atoms with van der Waals surface area (Å²) in [5.74, 6) is 1.02. The summed E-state index contributed by atoms with van der Waals surface area (Å²) in [7, 11) is 4.71. The number of aromatic nitrogens is 5. The molecule has 5 aromatic rings. The van der Waals surface area contributed by atoms with Crippen molar-refractivity contribution in [3.63, 3.8) is 0 Å². The number of ether oxygens (including phenoxy) is 1. The Morgan fingerprint density at radius 1 is 1.02 bits per heavy atom. The summed E-state index contributed by atoms with van der Waals surface area (Å²) in [6.45, 7) is 3.75. The van der Waals surface area contributed by atoms with Crippen LogP contribution in [0.4, 0.5) is 11.5 Å². The van der Waals surface area contributed by atoms with Crippen molar-refractivity contribution in [1.82, 2.24) is 34.5 Å². The lowest BCUT2D eigenvalue weighted by atomic mass is 9.96. The van der Waals surface area contributed by atoms with E-state index in [1.165, 1.54) is 23.4 Å². The van der Waals surface area contributed by atoms with Crippen LogP contribution in [0, 0.1) is 6.92 Å². The van der Waals surface area contributed by atoms with Crippen LogP contribution in [0.5, 0.6) is 5.88 Å². The first kappa shape index (κ1) is 32.2. The van der Waals surface area contributed by atoms with Crippen LogP contribution in [0.25, 0.3) is 33.3 Å². The Balaban J connectivity index is 1.13. The number of fused-ring (bicyclic) bond motifs is 2. The molecule has 5 heterocycles. The lowest BCUT2D eigenvalue weighted by Crippen LogP contribution is -2.44. The molecule has 1 amide bonds. The second-order valence-corrected chi connectivity index (χ2v) is 14.0. The second-order valence-electron chi connectivity index (χ2n) is 13.6. The number of rotatable bonds is 6. The van der Waals surface area contributed by atoms with Gasteiger partial charge in [0.2, 0.25) is 11.8 Å². The zero-order valence-corrected chi connectivity index (χ0v) is 29.1. The van der Waals surface area contributed by atoms with Crippen LogP contribution < -0.4 is 26.6 Å². The second kappa shape index (κ2) is 12.1. The minimum Gasteiger partial charge on any atom is -0.481 e. The number of hydrogen-bond donors (Lipinski definition) is 2. The molecule has 2 atom stereocenters. The molecule has 0 unspecified atom stereocenters. The number of nitrogens with zero attached hydrogens (tertiary/aromatic N) is 6. The minimum absolute atomic E-state index is 0.113. The molecule has 50 heavy (non-hydrogen) atoms. The van der Waals surface area contributed by atoms with Crippen molar-refractivity contribution in [2.24, 2.45) is 14.1 Å². The topological polar surface area (TPSA) is 136 Å². The summed E-state index contributed by atoms with van der Waals surface area (Å²) in [5.41, 5.74) is 6.57. The first-order chi connectivity index (χ1) is 24.1. The highest BCUT2D eigenvalue weighted by atomic mass is 35.5. The number of halogens is 1. The number of pyridine rings is 1.